The first kappa shape index (κ1) is 31.0. The Morgan fingerprint density at radius 3 is 1.95 bits per heavy atom. The summed E-state index contributed by atoms with van der Waals surface area (Å²) in [6.07, 6.45) is -2.29. The molecule has 2 aliphatic heterocycles. The second kappa shape index (κ2) is 9.24. The highest BCUT2D eigenvalue weighted by molar-refractivity contribution is 7.90. The Hall–Kier alpha value is -1.56. The van der Waals surface area contributed by atoms with Gasteiger partial charge in [0.15, 0.2) is 29.2 Å². The summed E-state index contributed by atoms with van der Waals surface area (Å²) in [4.78, 5) is 25.8. The van der Waals surface area contributed by atoms with Crippen LogP contribution < -0.4 is 17.0 Å². The largest absolute Gasteiger partial charge is 0.406 e. The lowest BCUT2D eigenvalue weighted by Crippen LogP contribution is -2.60. The third-order valence-corrected chi connectivity index (χ3v) is 18.4. The molecule has 1 spiro atoms. The number of hydrogen-bond acceptors (Lipinski definition) is 9. The first-order chi connectivity index (χ1) is 16.9. The monoisotopic (exact) mass is 589 g/mol. The van der Waals surface area contributed by atoms with Crippen molar-refractivity contribution in [3.63, 3.8) is 0 Å². The Labute approximate surface area is 227 Å². The van der Waals surface area contributed by atoms with Crippen LogP contribution in [0.25, 0.3) is 0 Å². The second-order valence-corrected chi connectivity index (χ2v) is 24.2. The molecule has 1 aromatic heterocycles. The lowest BCUT2D eigenvalue weighted by molar-refractivity contribution is -0.147. The van der Waals surface area contributed by atoms with Gasteiger partial charge in [0.25, 0.3) is 15.7 Å². The maximum atomic E-state index is 13.4. The Bertz CT molecular complexity index is 1370. The molecule has 38 heavy (non-hydrogen) atoms. The molecule has 0 aromatic carbocycles. The molecule has 0 saturated carbocycles. The normalized spacial score (nSPS) is 28.2. The van der Waals surface area contributed by atoms with Crippen LogP contribution in [0.2, 0.25) is 36.3 Å². The Balaban J connectivity index is 2.35. The molecule has 1 fully saturated rings. The van der Waals surface area contributed by atoms with Crippen LogP contribution in [-0.4, -0.2) is 52.2 Å². The number of ether oxygens (including phenoxy) is 1. The highest BCUT2D eigenvalue weighted by atomic mass is 32.2. The fourth-order valence-electron chi connectivity index (χ4n) is 3.98. The fraction of sp³-hybridized carbons (Fsp3) is 0.750. The summed E-state index contributed by atoms with van der Waals surface area (Å²) < 4.78 is 53.6. The summed E-state index contributed by atoms with van der Waals surface area (Å²) in [5.41, 5.74) is 3.65. The van der Waals surface area contributed by atoms with Crippen molar-refractivity contribution < 1.29 is 26.2 Å². The molecule has 4 atom stereocenters. The number of nitrogens with zero attached hydrogens (tertiary/aromatic N) is 2. The molecule has 14 heteroatoms. The van der Waals surface area contributed by atoms with E-state index < -0.39 is 62.2 Å². The van der Waals surface area contributed by atoms with Crippen LogP contribution in [0.3, 0.4) is 0 Å². The zero-order chi connectivity index (χ0) is 29.4. The predicted octanol–water partition coefficient (Wildman–Crippen LogP) is 3.02. The molecule has 0 bridgehead atoms. The van der Waals surface area contributed by atoms with Crippen molar-refractivity contribution in [1.82, 2.24) is 9.13 Å². The highest BCUT2D eigenvalue weighted by Gasteiger charge is 2.69. The first-order valence-electron chi connectivity index (χ1n) is 12.6. The quantitative estimate of drug-likeness (QED) is 0.405. The van der Waals surface area contributed by atoms with Gasteiger partial charge < -0.3 is 19.3 Å². The van der Waals surface area contributed by atoms with Gasteiger partial charge in [-0.15, -0.1) is 0 Å². The first-order valence-corrected chi connectivity index (χ1v) is 19.9. The molecule has 2 aliphatic rings. The van der Waals surface area contributed by atoms with Gasteiger partial charge in [0.2, 0.25) is 5.60 Å². The van der Waals surface area contributed by atoms with E-state index in [0.29, 0.717) is 5.56 Å². The van der Waals surface area contributed by atoms with Crippen molar-refractivity contribution in [1.29, 1.82) is 0 Å². The van der Waals surface area contributed by atoms with E-state index >= 15 is 0 Å². The lowest BCUT2D eigenvalue weighted by atomic mass is 9.94. The van der Waals surface area contributed by atoms with E-state index in [0.717, 1.165) is 9.98 Å². The van der Waals surface area contributed by atoms with Crippen LogP contribution in [0.1, 0.15) is 53.3 Å². The Morgan fingerprint density at radius 2 is 1.50 bits per heavy atom. The van der Waals surface area contributed by atoms with Gasteiger partial charge in [0, 0.05) is 18.8 Å². The van der Waals surface area contributed by atoms with Crippen molar-refractivity contribution in [2.24, 2.45) is 12.8 Å². The summed E-state index contributed by atoms with van der Waals surface area (Å²) in [5, 5.41) is 0.292. The lowest BCUT2D eigenvalue weighted by Gasteiger charge is -2.44. The molecule has 1 aromatic rings. The minimum absolute atomic E-state index is 0.123. The number of aromatic nitrogens is 2. The molecule has 1 saturated heterocycles. The predicted molar refractivity (Wildman–Crippen MR) is 150 cm³/mol. The smallest absolute Gasteiger partial charge is 0.332 e. The van der Waals surface area contributed by atoms with Crippen molar-refractivity contribution in [3.8, 4) is 0 Å². The van der Waals surface area contributed by atoms with Crippen molar-refractivity contribution in [3.05, 3.63) is 43.7 Å². The third-order valence-electron chi connectivity index (χ3n) is 8.46. The van der Waals surface area contributed by atoms with Crippen molar-refractivity contribution in [2.45, 2.75) is 109 Å². The molecule has 0 amide bonds. The highest BCUT2D eigenvalue weighted by Crippen LogP contribution is 2.53. The zero-order valence-electron chi connectivity index (χ0n) is 24.5. The average Bonchev–Trinajstić information content (AvgIpc) is 3.14. The van der Waals surface area contributed by atoms with Gasteiger partial charge in [0.1, 0.15) is 6.10 Å². The van der Waals surface area contributed by atoms with Crippen LogP contribution in [-0.2, 0) is 34.9 Å². The van der Waals surface area contributed by atoms with Gasteiger partial charge in [0.05, 0.1) is 11.1 Å². The maximum absolute atomic E-state index is 13.4. The minimum atomic E-state index is -4.21. The molecule has 216 valence electrons. The zero-order valence-corrected chi connectivity index (χ0v) is 27.3. The third kappa shape index (κ3) is 5.04. The summed E-state index contributed by atoms with van der Waals surface area (Å²) in [6.45, 7) is 21.8. The van der Waals surface area contributed by atoms with Gasteiger partial charge in [-0.2, -0.15) is 8.42 Å². The standard InChI is InChI=1S/C24H43N3O8SSi2/c1-15-13-27(21(29)26(8)18(15)28)19-17(33-37(9,10)22(2,3)4)24(16(25)14-36(30,31)35-24)20(32-19)34-38(11,12)23(5,6)7/h13-14,17,19-20H,25H2,1-12H3/t17?,19-,20-,24?/m1/s1. The Morgan fingerprint density at radius 1 is 1.00 bits per heavy atom. The fourth-order valence-corrected chi connectivity index (χ4v) is 7.58. The van der Waals surface area contributed by atoms with E-state index in [1.165, 1.54) is 17.8 Å². The van der Waals surface area contributed by atoms with Gasteiger partial charge in [-0.3, -0.25) is 13.9 Å². The molecule has 3 rings (SSSR count). The van der Waals surface area contributed by atoms with Gasteiger partial charge in [-0.05, 0) is 43.2 Å². The van der Waals surface area contributed by atoms with Crippen LogP contribution in [0, 0.1) is 6.92 Å². The van der Waals surface area contributed by atoms with Crippen LogP contribution in [0.5, 0.6) is 0 Å². The molecule has 3 heterocycles. The van der Waals surface area contributed by atoms with Crippen LogP contribution in [0.15, 0.2) is 26.9 Å². The number of nitrogens with two attached hydrogens (primary N) is 1. The summed E-state index contributed by atoms with van der Waals surface area (Å²) >= 11 is 0. The van der Waals surface area contributed by atoms with Crippen LogP contribution in [0.4, 0.5) is 0 Å². The molecule has 0 aliphatic carbocycles. The van der Waals surface area contributed by atoms with Gasteiger partial charge in [-0.25, -0.2) is 8.98 Å². The maximum Gasteiger partial charge on any atom is 0.332 e. The molecule has 2 unspecified atom stereocenters. The molecule has 2 N–H and O–H groups in total. The topological polar surface area (TPSA) is 141 Å². The number of rotatable bonds is 5. The van der Waals surface area contributed by atoms with E-state index in [1.54, 1.807) is 6.92 Å². The summed E-state index contributed by atoms with van der Waals surface area (Å²) in [7, 11) is -8.11. The summed E-state index contributed by atoms with van der Waals surface area (Å²) in [5.74, 6) is 0. The SMILES string of the molecule is Cc1cn([C@@H]2O[C@H](O[Si](C)(C)C(C)(C)C)C3(OS(=O)(=O)C=C3N)C2O[Si](C)(C)C(C)(C)C)c(=O)n(C)c1=O. The van der Waals surface area contributed by atoms with E-state index in [4.69, 9.17) is 23.5 Å². The second-order valence-electron chi connectivity index (χ2n) is 13.3. The van der Waals surface area contributed by atoms with Crippen molar-refractivity contribution in [2.75, 3.05) is 0 Å². The molecule has 11 nitrogen and oxygen atoms in total. The van der Waals surface area contributed by atoms with Gasteiger partial charge in [-0.1, -0.05) is 41.5 Å². The average molecular weight is 590 g/mol. The Kier molecular flexibility index (Phi) is 7.54. The number of aryl methyl sites for hydroxylation is 1. The molecule has 0 radical (unpaired) electrons. The van der Waals surface area contributed by atoms with Gasteiger partial charge >= 0.3 is 5.69 Å². The van der Waals surface area contributed by atoms with E-state index in [-0.39, 0.29) is 15.8 Å². The van der Waals surface area contributed by atoms with E-state index in [9.17, 15) is 18.0 Å². The number of hydrogen-bond donors (Lipinski definition) is 1. The van der Waals surface area contributed by atoms with Crippen LogP contribution >= 0.6 is 0 Å². The van der Waals surface area contributed by atoms with Crippen molar-refractivity contribution >= 4 is 26.8 Å². The minimum Gasteiger partial charge on any atom is -0.406 e. The molecular weight excluding hydrogens is 547 g/mol. The van der Waals surface area contributed by atoms with E-state index in [2.05, 4.69) is 0 Å². The summed E-state index contributed by atoms with van der Waals surface area (Å²) in [6, 6.07) is 0. The van der Waals surface area contributed by atoms with E-state index in [1.807, 2.05) is 67.7 Å². The molecular formula is C24H43N3O8SSi2.